The zero-order valence-electron chi connectivity index (χ0n) is 21.3. The highest BCUT2D eigenvalue weighted by atomic mass is 35.5. The van der Waals surface area contributed by atoms with Crippen molar-refractivity contribution in [1.82, 2.24) is 0 Å². The van der Waals surface area contributed by atoms with Gasteiger partial charge in [0.2, 0.25) is 0 Å². The van der Waals surface area contributed by atoms with Crippen LogP contribution in [0.4, 0.5) is 0 Å². The van der Waals surface area contributed by atoms with E-state index in [1.54, 1.807) is 0 Å². The second kappa shape index (κ2) is 12.3. The molecule has 3 rings (SSSR count). The summed E-state index contributed by atoms with van der Waals surface area (Å²) in [7, 11) is 0. The number of nitrogens with two attached hydrogens (primary N) is 3. The van der Waals surface area contributed by atoms with Crippen LogP contribution in [0.2, 0.25) is 0 Å². The number of ether oxygens (including phenoxy) is 5. The fraction of sp³-hybridized carbons (Fsp3) is 1.00. The van der Waals surface area contributed by atoms with E-state index in [0.29, 0.717) is 0 Å². The Balaban J connectivity index is 0.00000507. The normalized spacial score (nSPS) is 53.8. The molecule has 0 saturated carbocycles. The maximum atomic E-state index is 11.0. The minimum absolute atomic E-state index is 0. The van der Waals surface area contributed by atoms with E-state index in [1.807, 2.05) is 0 Å². The molecule has 3 fully saturated rings. The lowest BCUT2D eigenvalue weighted by atomic mass is 9.68. The van der Waals surface area contributed by atoms with Crippen LogP contribution in [0.25, 0.3) is 0 Å². The summed E-state index contributed by atoms with van der Waals surface area (Å²) in [6, 6.07) is -4.01. The molecule has 0 radical (unpaired) electrons. The van der Waals surface area contributed by atoms with Crippen LogP contribution >= 0.6 is 12.4 Å². The number of hydrogen-bond acceptors (Lipinski definition) is 16. The Morgan fingerprint density at radius 1 is 0.763 bits per heavy atom. The standard InChI is InChI=1S/C21H41N3O13.ClH/c1-19(6-27)21(3,32)20(2,31)15(24)18(37-19)36-14-8(5-26)34-17(10(23)12(14)29)35-13-7(4-25)33-16(30)9(22)11(13)28;/h7-18,25-32H,4-6,22-24H2,1-3H3;1H/t7-,8-,9-,10-,11-,12-,13?,14?,15+,16-,17+,18+,19-,20-,21-;/m1./s1. The Labute approximate surface area is 225 Å². The van der Waals surface area contributed by atoms with Crippen LogP contribution in [0.5, 0.6) is 0 Å². The average Bonchev–Trinajstić information content (AvgIpc) is 2.85. The molecule has 17 heteroatoms. The van der Waals surface area contributed by atoms with E-state index in [2.05, 4.69) is 0 Å². The summed E-state index contributed by atoms with van der Waals surface area (Å²) < 4.78 is 28.1. The predicted molar refractivity (Wildman–Crippen MR) is 128 cm³/mol. The maximum Gasteiger partial charge on any atom is 0.177 e. The lowest BCUT2D eigenvalue weighted by molar-refractivity contribution is -0.385. The van der Waals surface area contributed by atoms with Crippen molar-refractivity contribution in [2.45, 2.75) is 111 Å². The van der Waals surface area contributed by atoms with E-state index >= 15 is 0 Å². The van der Waals surface area contributed by atoms with Crippen molar-refractivity contribution >= 4 is 12.4 Å². The minimum Gasteiger partial charge on any atom is -0.394 e. The van der Waals surface area contributed by atoms with Crippen molar-refractivity contribution < 1.29 is 64.5 Å². The molecule has 14 N–H and O–H groups in total. The number of aliphatic hydroxyl groups excluding tert-OH is 6. The van der Waals surface area contributed by atoms with Crippen LogP contribution in [0, 0.1) is 0 Å². The van der Waals surface area contributed by atoms with Gasteiger partial charge in [-0.3, -0.25) is 0 Å². The first-order chi connectivity index (χ1) is 17.1. The molecule has 226 valence electrons. The van der Waals surface area contributed by atoms with Crippen molar-refractivity contribution in [2.75, 3.05) is 19.8 Å². The van der Waals surface area contributed by atoms with Crippen molar-refractivity contribution in [2.24, 2.45) is 17.2 Å². The van der Waals surface area contributed by atoms with E-state index < -0.39 is 110 Å². The predicted octanol–water partition coefficient (Wildman–Crippen LogP) is -6.08. The molecule has 3 aliphatic heterocycles. The smallest absolute Gasteiger partial charge is 0.177 e. The molecule has 0 aliphatic carbocycles. The monoisotopic (exact) mass is 579 g/mol. The lowest BCUT2D eigenvalue weighted by Gasteiger charge is -2.58. The average molecular weight is 580 g/mol. The van der Waals surface area contributed by atoms with Gasteiger partial charge in [0, 0.05) is 0 Å². The highest BCUT2D eigenvalue weighted by Gasteiger charge is 2.65. The Morgan fingerprint density at radius 3 is 1.74 bits per heavy atom. The highest BCUT2D eigenvalue weighted by molar-refractivity contribution is 5.85. The van der Waals surface area contributed by atoms with Gasteiger partial charge in [-0.05, 0) is 20.8 Å². The Morgan fingerprint density at radius 2 is 1.24 bits per heavy atom. The van der Waals surface area contributed by atoms with Crippen molar-refractivity contribution in [3.8, 4) is 0 Å². The number of rotatable bonds is 7. The van der Waals surface area contributed by atoms with Gasteiger partial charge in [-0.15, -0.1) is 12.4 Å². The first-order valence-corrected chi connectivity index (χ1v) is 12.0. The molecule has 38 heavy (non-hydrogen) atoms. The molecular weight excluding hydrogens is 538 g/mol. The van der Waals surface area contributed by atoms with Gasteiger partial charge in [0.05, 0.1) is 37.9 Å². The van der Waals surface area contributed by atoms with Gasteiger partial charge in [-0.2, -0.15) is 0 Å². The molecule has 0 spiro atoms. The molecule has 0 amide bonds. The van der Waals surface area contributed by atoms with Crippen molar-refractivity contribution in [3.63, 3.8) is 0 Å². The summed E-state index contributed by atoms with van der Waals surface area (Å²) in [4.78, 5) is 0. The van der Waals surface area contributed by atoms with Crippen LogP contribution in [0.1, 0.15) is 20.8 Å². The van der Waals surface area contributed by atoms with Gasteiger partial charge in [0.25, 0.3) is 0 Å². The number of aliphatic hydroxyl groups is 8. The quantitative estimate of drug-likeness (QED) is 0.134. The molecular formula is C21H42ClN3O13. The molecule has 0 bridgehead atoms. The number of halogens is 1. The van der Waals surface area contributed by atoms with Crippen LogP contribution in [0.3, 0.4) is 0 Å². The van der Waals surface area contributed by atoms with E-state index in [1.165, 1.54) is 20.8 Å². The van der Waals surface area contributed by atoms with Gasteiger partial charge in [0.15, 0.2) is 18.9 Å². The summed E-state index contributed by atoms with van der Waals surface area (Å²) >= 11 is 0. The van der Waals surface area contributed by atoms with Crippen LogP contribution in [0.15, 0.2) is 0 Å². The second-order valence-corrected chi connectivity index (χ2v) is 10.4. The molecule has 2 unspecified atom stereocenters. The Hall–Kier alpha value is -0.350. The number of hydrogen-bond donors (Lipinski definition) is 11. The molecule has 3 aliphatic rings. The Bertz CT molecular complexity index is 774. The summed E-state index contributed by atoms with van der Waals surface area (Å²) in [5.74, 6) is 0. The van der Waals surface area contributed by atoms with Gasteiger partial charge in [0.1, 0.15) is 53.4 Å². The van der Waals surface area contributed by atoms with E-state index in [-0.39, 0.29) is 12.4 Å². The van der Waals surface area contributed by atoms with E-state index in [0.717, 1.165) is 0 Å². The SMILES string of the molecule is C[C@@]1(O)[C@@](C)(CO)O[C@H](OC2[C@@H](CO)O[C@@H](OC3[C@@H](CO)O[C@@H](O)[C@H](N)[C@H]3O)[C@H](N)[C@H]2O)[C@H](N)[C@@]1(C)O.Cl. The molecule has 0 aromatic carbocycles. The summed E-state index contributed by atoms with van der Waals surface area (Å²) in [5.41, 5.74) is 12.2. The van der Waals surface area contributed by atoms with E-state index in [9.17, 15) is 40.9 Å². The van der Waals surface area contributed by atoms with Crippen LogP contribution in [-0.2, 0) is 23.7 Å². The van der Waals surface area contributed by atoms with Gasteiger partial charge in [-0.1, -0.05) is 0 Å². The van der Waals surface area contributed by atoms with Crippen LogP contribution in [-0.4, -0.2) is 151 Å². The van der Waals surface area contributed by atoms with Gasteiger partial charge >= 0.3 is 0 Å². The maximum absolute atomic E-state index is 11.0. The molecule has 0 aromatic rings. The summed E-state index contributed by atoms with van der Waals surface area (Å²) in [6.45, 7) is 1.74. The fourth-order valence-corrected chi connectivity index (χ4v) is 4.83. The lowest BCUT2D eigenvalue weighted by Crippen LogP contribution is -2.79. The third-order valence-corrected chi connectivity index (χ3v) is 8.04. The summed E-state index contributed by atoms with van der Waals surface area (Å²) in [6.07, 6.45) is -12.8. The molecule has 16 nitrogen and oxygen atoms in total. The molecule has 0 aromatic heterocycles. The van der Waals surface area contributed by atoms with Gasteiger partial charge < -0.3 is 81.7 Å². The first kappa shape index (κ1) is 33.9. The van der Waals surface area contributed by atoms with Gasteiger partial charge in [-0.25, -0.2) is 0 Å². The fourth-order valence-electron chi connectivity index (χ4n) is 4.83. The molecule has 15 atom stereocenters. The third-order valence-electron chi connectivity index (χ3n) is 8.04. The molecule has 3 heterocycles. The van der Waals surface area contributed by atoms with E-state index in [4.69, 9.17) is 40.9 Å². The first-order valence-electron chi connectivity index (χ1n) is 12.0. The Kier molecular flexibility index (Phi) is 10.9. The zero-order valence-corrected chi connectivity index (χ0v) is 22.1. The largest absolute Gasteiger partial charge is 0.394 e. The van der Waals surface area contributed by atoms with Crippen molar-refractivity contribution in [1.29, 1.82) is 0 Å². The molecule has 3 saturated heterocycles. The topological polar surface area (TPSA) is 286 Å². The second-order valence-electron chi connectivity index (χ2n) is 10.4. The zero-order chi connectivity index (χ0) is 28.1. The highest BCUT2D eigenvalue weighted by Crippen LogP contribution is 2.44. The minimum atomic E-state index is -2.03. The van der Waals surface area contributed by atoms with Crippen molar-refractivity contribution in [3.05, 3.63) is 0 Å². The summed E-state index contributed by atoms with van der Waals surface area (Å²) in [5, 5.41) is 82.6. The third kappa shape index (κ3) is 5.57. The van der Waals surface area contributed by atoms with Crippen LogP contribution < -0.4 is 17.2 Å².